The maximum atomic E-state index is 6.16. The van der Waals surface area contributed by atoms with Gasteiger partial charge in [-0.25, -0.2) is 4.98 Å². The van der Waals surface area contributed by atoms with E-state index in [4.69, 9.17) is 11.6 Å². The lowest BCUT2D eigenvalue weighted by Gasteiger charge is -2.07. The van der Waals surface area contributed by atoms with Crippen LogP contribution in [-0.2, 0) is 6.54 Å². The monoisotopic (exact) mass is 332 g/mol. The maximum absolute atomic E-state index is 6.16. The zero-order chi connectivity index (χ0) is 10.8. The van der Waals surface area contributed by atoms with Crippen molar-refractivity contribution >= 4 is 34.2 Å². The van der Waals surface area contributed by atoms with Crippen LogP contribution in [0.1, 0.15) is 11.4 Å². The zero-order valence-electron chi connectivity index (χ0n) is 8.24. The number of hydrogen-bond acceptors (Lipinski definition) is 1. The Kier molecular flexibility index (Phi) is 3.31. The molecule has 1 heterocycles. The van der Waals surface area contributed by atoms with E-state index in [1.165, 1.54) is 0 Å². The first-order valence-corrected chi connectivity index (χ1v) is 6.04. The van der Waals surface area contributed by atoms with Gasteiger partial charge in [0.25, 0.3) is 0 Å². The van der Waals surface area contributed by atoms with E-state index in [0.717, 1.165) is 26.5 Å². The van der Waals surface area contributed by atoms with E-state index in [2.05, 4.69) is 44.3 Å². The molecule has 15 heavy (non-hydrogen) atoms. The van der Waals surface area contributed by atoms with Gasteiger partial charge in [0.2, 0.25) is 0 Å². The van der Waals surface area contributed by atoms with Gasteiger partial charge in [0, 0.05) is 21.0 Å². The Morgan fingerprint density at radius 2 is 2.27 bits per heavy atom. The fourth-order valence-corrected chi connectivity index (χ4v) is 2.32. The van der Waals surface area contributed by atoms with Gasteiger partial charge in [0.05, 0.1) is 6.54 Å². The standard InChI is InChI=1S/C11H10ClIN2/c1-8-14-4-5-15(8)7-9-2-3-10(13)6-11(9)12/h2-6H,7H2,1H3. The number of benzene rings is 1. The van der Waals surface area contributed by atoms with Gasteiger partial charge in [-0.3, -0.25) is 0 Å². The SMILES string of the molecule is Cc1nccn1Cc1ccc(I)cc1Cl. The highest BCUT2D eigenvalue weighted by molar-refractivity contribution is 14.1. The molecule has 0 fully saturated rings. The highest BCUT2D eigenvalue weighted by Crippen LogP contribution is 2.20. The van der Waals surface area contributed by atoms with Crippen molar-refractivity contribution in [1.29, 1.82) is 0 Å². The molecule has 0 aliphatic heterocycles. The van der Waals surface area contributed by atoms with Crippen molar-refractivity contribution in [2.24, 2.45) is 0 Å². The van der Waals surface area contributed by atoms with Crippen molar-refractivity contribution in [2.75, 3.05) is 0 Å². The summed E-state index contributed by atoms with van der Waals surface area (Å²) in [6.45, 7) is 2.77. The summed E-state index contributed by atoms with van der Waals surface area (Å²) in [6.07, 6.45) is 3.76. The third kappa shape index (κ3) is 2.52. The van der Waals surface area contributed by atoms with Gasteiger partial charge in [0.15, 0.2) is 0 Å². The number of aromatic nitrogens is 2. The first kappa shape index (κ1) is 11.0. The average molecular weight is 333 g/mol. The second-order valence-electron chi connectivity index (χ2n) is 3.34. The maximum Gasteiger partial charge on any atom is 0.105 e. The normalized spacial score (nSPS) is 10.6. The second kappa shape index (κ2) is 4.53. The van der Waals surface area contributed by atoms with Crippen LogP contribution in [0.2, 0.25) is 5.02 Å². The number of aryl methyl sites for hydroxylation is 1. The lowest BCUT2D eigenvalue weighted by atomic mass is 10.2. The Morgan fingerprint density at radius 3 is 2.87 bits per heavy atom. The van der Waals surface area contributed by atoms with Crippen LogP contribution in [0.5, 0.6) is 0 Å². The van der Waals surface area contributed by atoms with Crippen LogP contribution in [0.25, 0.3) is 0 Å². The van der Waals surface area contributed by atoms with Crippen molar-refractivity contribution in [3.63, 3.8) is 0 Å². The Morgan fingerprint density at radius 1 is 1.47 bits per heavy atom. The summed E-state index contributed by atoms with van der Waals surface area (Å²) in [5.41, 5.74) is 1.12. The van der Waals surface area contributed by atoms with E-state index in [0.29, 0.717) is 0 Å². The first-order chi connectivity index (χ1) is 7.16. The van der Waals surface area contributed by atoms with Gasteiger partial charge in [-0.05, 0) is 47.2 Å². The van der Waals surface area contributed by atoms with E-state index >= 15 is 0 Å². The largest absolute Gasteiger partial charge is 0.331 e. The van der Waals surface area contributed by atoms with E-state index in [9.17, 15) is 0 Å². The quantitative estimate of drug-likeness (QED) is 0.770. The molecule has 0 atom stereocenters. The van der Waals surface area contributed by atoms with Crippen molar-refractivity contribution in [1.82, 2.24) is 9.55 Å². The first-order valence-electron chi connectivity index (χ1n) is 4.58. The summed E-state index contributed by atoms with van der Waals surface area (Å²) < 4.78 is 3.23. The van der Waals surface area contributed by atoms with Crippen molar-refractivity contribution in [3.8, 4) is 0 Å². The van der Waals surface area contributed by atoms with Gasteiger partial charge < -0.3 is 4.57 Å². The molecular formula is C11H10ClIN2. The molecule has 0 saturated heterocycles. The van der Waals surface area contributed by atoms with Crippen LogP contribution < -0.4 is 0 Å². The molecule has 0 aliphatic carbocycles. The summed E-state index contributed by atoms with van der Waals surface area (Å²) in [4.78, 5) is 4.18. The molecule has 1 aromatic heterocycles. The van der Waals surface area contributed by atoms with Gasteiger partial charge in [0.1, 0.15) is 5.82 Å². The predicted molar refractivity (Wildman–Crippen MR) is 70.2 cm³/mol. The Balaban J connectivity index is 2.29. The van der Waals surface area contributed by atoms with Gasteiger partial charge in [-0.15, -0.1) is 0 Å². The molecule has 78 valence electrons. The van der Waals surface area contributed by atoms with Gasteiger partial charge in [-0.1, -0.05) is 17.7 Å². The van der Waals surface area contributed by atoms with Crippen molar-refractivity contribution < 1.29 is 0 Å². The third-order valence-corrected chi connectivity index (χ3v) is 3.30. The topological polar surface area (TPSA) is 17.8 Å². The summed E-state index contributed by atoms with van der Waals surface area (Å²) in [6, 6.07) is 6.10. The summed E-state index contributed by atoms with van der Waals surface area (Å²) in [5, 5.41) is 0.815. The number of nitrogens with zero attached hydrogens (tertiary/aromatic N) is 2. The lowest BCUT2D eigenvalue weighted by molar-refractivity contribution is 0.762. The molecule has 2 nitrogen and oxygen atoms in total. The molecular weight excluding hydrogens is 322 g/mol. The molecule has 4 heteroatoms. The van der Waals surface area contributed by atoms with Gasteiger partial charge in [-0.2, -0.15) is 0 Å². The third-order valence-electron chi connectivity index (χ3n) is 2.28. The number of imidazole rings is 1. The van der Waals surface area contributed by atoms with Crippen LogP contribution in [0, 0.1) is 10.5 Å². The minimum atomic E-state index is 0.779. The van der Waals surface area contributed by atoms with Crippen LogP contribution >= 0.6 is 34.2 Å². The van der Waals surface area contributed by atoms with E-state index < -0.39 is 0 Å². The van der Waals surface area contributed by atoms with Crippen molar-refractivity contribution in [2.45, 2.75) is 13.5 Å². The average Bonchev–Trinajstić information content (AvgIpc) is 2.57. The Bertz CT molecular complexity index is 479. The Labute approximate surface area is 107 Å². The molecule has 0 bridgehead atoms. The minimum absolute atomic E-state index is 0.779. The van der Waals surface area contributed by atoms with Crippen molar-refractivity contribution in [3.05, 3.63) is 50.6 Å². The fraction of sp³-hybridized carbons (Fsp3) is 0.182. The van der Waals surface area contributed by atoms with Gasteiger partial charge >= 0.3 is 0 Å². The Hall–Kier alpha value is -0.550. The zero-order valence-corrected chi connectivity index (χ0v) is 11.2. The minimum Gasteiger partial charge on any atom is -0.331 e. The molecule has 0 saturated carbocycles. The predicted octanol–water partition coefficient (Wildman–Crippen LogP) is 3.50. The summed E-state index contributed by atoms with van der Waals surface area (Å²) in [5.74, 6) is 1.00. The molecule has 1 aromatic carbocycles. The van der Waals surface area contributed by atoms with Crippen LogP contribution in [0.3, 0.4) is 0 Å². The van der Waals surface area contributed by atoms with Crippen LogP contribution in [0.4, 0.5) is 0 Å². The number of rotatable bonds is 2. The summed E-state index contributed by atoms with van der Waals surface area (Å²) >= 11 is 8.42. The highest BCUT2D eigenvalue weighted by atomic mass is 127. The second-order valence-corrected chi connectivity index (χ2v) is 4.99. The van der Waals surface area contributed by atoms with Crippen LogP contribution in [-0.4, -0.2) is 9.55 Å². The summed E-state index contributed by atoms with van der Waals surface area (Å²) in [7, 11) is 0. The van der Waals surface area contributed by atoms with Crippen LogP contribution in [0.15, 0.2) is 30.6 Å². The molecule has 0 amide bonds. The molecule has 2 rings (SSSR count). The number of halogens is 2. The molecule has 0 spiro atoms. The van der Waals surface area contributed by atoms with E-state index in [1.54, 1.807) is 6.20 Å². The van der Waals surface area contributed by atoms with E-state index in [1.807, 2.05) is 19.2 Å². The molecule has 0 aliphatic rings. The highest BCUT2D eigenvalue weighted by Gasteiger charge is 2.03. The smallest absolute Gasteiger partial charge is 0.105 e. The fourth-order valence-electron chi connectivity index (χ4n) is 1.40. The van der Waals surface area contributed by atoms with E-state index in [-0.39, 0.29) is 0 Å². The number of hydrogen-bond donors (Lipinski definition) is 0. The molecule has 2 aromatic rings. The molecule has 0 N–H and O–H groups in total. The lowest BCUT2D eigenvalue weighted by Crippen LogP contribution is -2.01. The molecule has 0 radical (unpaired) electrons. The molecule has 0 unspecified atom stereocenters.